The molecule has 1 aliphatic heterocycles. The number of halogens is 1. The zero-order chi connectivity index (χ0) is 24.5. The zero-order valence-corrected chi connectivity index (χ0v) is 20.6. The number of carbonyl (C=O) groups excluding carboxylic acids is 1. The number of methoxy groups -OCH3 is 3. The molecule has 180 valence electrons. The Hall–Kier alpha value is -3.64. The number of fused-ring (bicyclic) bond motifs is 1. The van der Waals surface area contributed by atoms with E-state index < -0.39 is 6.04 Å². The van der Waals surface area contributed by atoms with Crippen molar-refractivity contribution < 1.29 is 19.0 Å². The van der Waals surface area contributed by atoms with Crippen LogP contribution in [-0.4, -0.2) is 27.1 Å². The van der Waals surface area contributed by atoms with Gasteiger partial charge < -0.3 is 24.8 Å². The van der Waals surface area contributed by atoms with Gasteiger partial charge in [0.1, 0.15) is 0 Å². The fourth-order valence-electron chi connectivity index (χ4n) is 5.05. The SMILES string of the molecule is COc1ccc([C@@H]2Nc3ccccc3NC3=C2C(=O)C[C@H](c2ccc(Cl)cc2)C3)c(OC)c1OC. The van der Waals surface area contributed by atoms with Crippen molar-refractivity contribution in [3.05, 3.63) is 88.1 Å². The molecule has 1 aliphatic carbocycles. The lowest BCUT2D eigenvalue weighted by Crippen LogP contribution is -2.27. The van der Waals surface area contributed by atoms with Gasteiger partial charge in [-0.3, -0.25) is 4.79 Å². The summed E-state index contributed by atoms with van der Waals surface area (Å²) in [5.41, 5.74) is 5.33. The van der Waals surface area contributed by atoms with Crippen LogP contribution in [0.4, 0.5) is 11.4 Å². The highest BCUT2D eigenvalue weighted by molar-refractivity contribution is 6.30. The minimum absolute atomic E-state index is 0.0595. The smallest absolute Gasteiger partial charge is 0.203 e. The summed E-state index contributed by atoms with van der Waals surface area (Å²) >= 11 is 6.10. The normalized spacial score (nSPS) is 19.0. The van der Waals surface area contributed by atoms with Gasteiger partial charge in [-0.2, -0.15) is 0 Å². The van der Waals surface area contributed by atoms with E-state index in [2.05, 4.69) is 10.6 Å². The Morgan fingerprint density at radius 1 is 0.829 bits per heavy atom. The molecule has 3 aromatic carbocycles. The molecule has 2 atom stereocenters. The molecule has 0 radical (unpaired) electrons. The number of para-hydroxylation sites is 2. The first-order valence-electron chi connectivity index (χ1n) is 11.5. The summed E-state index contributed by atoms with van der Waals surface area (Å²) in [6.07, 6.45) is 1.11. The summed E-state index contributed by atoms with van der Waals surface area (Å²) in [6, 6.07) is 19.1. The first-order valence-corrected chi connectivity index (χ1v) is 11.8. The molecule has 0 aromatic heterocycles. The van der Waals surface area contributed by atoms with Crippen LogP contribution in [0, 0.1) is 0 Å². The Morgan fingerprint density at radius 3 is 2.23 bits per heavy atom. The van der Waals surface area contributed by atoms with E-state index in [-0.39, 0.29) is 11.7 Å². The molecule has 2 aliphatic rings. The number of anilines is 2. The molecule has 35 heavy (non-hydrogen) atoms. The number of nitrogens with one attached hydrogen (secondary N) is 2. The lowest BCUT2D eigenvalue weighted by molar-refractivity contribution is -0.116. The average molecular weight is 491 g/mol. The zero-order valence-electron chi connectivity index (χ0n) is 19.9. The van der Waals surface area contributed by atoms with Crippen LogP contribution in [0.15, 0.2) is 71.9 Å². The largest absolute Gasteiger partial charge is 0.493 e. The highest BCUT2D eigenvalue weighted by Gasteiger charge is 2.38. The van der Waals surface area contributed by atoms with E-state index in [1.54, 1.807) is 21.3 Å². The van der Waals surface area contributed by atoms with E-state index in [1.165, 1.54) is 0 Å². The van der Waals surface area contributed by atoms with Gasteiger partial charge in [-0.1, -0.05) is 35.9 Å². The van der Waals surface area contributed by atoms with Crippen LogP contribution in [0.5, 0.6) is 17.2 Å². The predicted molar refractivity (Wildman–Crippen MR) is 138 cm³/mol. The van der Waals surface area contributed by atoms with Gasteiger partial charge in [0.25, 0.3) is 0 Å². The highest BCUT2D eigenvalue weighted by atomic mass is 35.5. The number of ketones is 1. The van der Waals surface area contributed by atoms with Gasteiger partial charge >= 0.3 is 0 Å². The lowest BCUT2D eigenvalue weighted by atomic mass is 9.78. The van der Waals surface area contributed by atoms with E-state index in [9.17, 15) is 4.79 Å². The van der Waals surface area contributed by atoms with Crippen LogP contribution in [-0.2, 0) is 4.79 Å². The summed E-state index contributed by atoms with van der Waals surface area (Å²) in [5, 5.41) is 7.84. The third-order valence-electron chi connectivity index (χ3n) is 6.70. The quantitative estimate of drug-likeness (QED) is 0.434. The number of benzene rings is 3. The summed E-state index contributed by atoms with van der Waals surface area (Å²) < 4.78 is 16.9. The predicted octanol–water partition coefficient (Wildman–Crippen LogP) is 6.35. The van der Waals surface area contributed by atoms with Gasteiger partial charge in [0.15, 0.2) is 17.3 Å². The van der Waals surface area contributed by atoms with Gasteiger partial charge in [-0.25, -0.2) is 0 Å². The van der Waals surface area contributed by atoms with Crippen molar-refractivity contribution in [2.45, 2.75) is 24.8 Å². The maximum absolute atomic E-state index is 13.8. The van der Waals surface area contributed by atoms with Crippen LogP contribution in [0.2, 0.25) is 5.02 Å². The number of ether oxygens (including phenoxy) is 3. The third kappa shape index (κ3) is 4.19. The fourth-order valence-corrected chi connectivity index (χ4v) is 5.17. The van der Waals surface area contributed by atoms with Crippen LogP contribution < -0.4 is 24.8 Å². The standard InChI is InChI=1S/C28H27ClN2O4/c1-33-24-13-12-19(27(34-2)28(24)35-3)26-25-22(30-20-6-4-5-7-21(20)31-26)14-17(15-23(25)32)16-8-10-18(29)11-9-16/h4-13,17,26,30-31H,14-15H2,1-3H3/t17-,26+/m1/s1. The molecule has 1 heterocycles. The molecule has 0 spiro atoms. The van der Waals surface area contributed by atoms with Crippen molar-refractivity contribution in [1.82, 2.24) is 0 Å². The van der Waals surface area contributed by atoms with E-state index in [0.717, 1.165) is 28.2 Å². The molecule has 0 unspecified atom stereocenters. The molecule has 0 amide bonds. The van der Waals surface area contributed by atoms with Crippen molar-refractivity contribution in [3.63, 3.8) is 0 Å². The van der Waals surface area contributed by atoms with Gasteiger partial charge in [-0.15, -0.1) is 0 Å². The van der Waals surface area contributed by atoms with Gasteiger partial charge in [0.05, 0.1) is 38.7 Å². The molecule has 0 saturated heterocycles. The maximum Gasteiger partial charge on any atom is 0.203 e. The Bertz CT molecular complexity index is 1300. The van der Waals surface area contributed by atoms with Crippen LogP contribution in [0.25, 0.3) is 0 Å². The maximum atomic E-state index is 13.8. The number of Topliss-reactive ketones (excluding diaryl/α,β-unsaturated/α-hetero) is 1. The molecule has 0 fully saturated rings. The number of hydrogen-bond donors (Lipinski definition) is 2. The van der Waals surface area contributed by atoms with Crippen LogP contribution >= 0.6 is 11.6 Å². The molecule has 5 rings (SSSR count). The first kappa shape index (κ1) is 23.1. The molecule has 6 nitrogen and oxygen atoms in total. The summed E-state index contributed by atoms with van der Waals surface area (Å²) in [4.78, 5) is 13.8. The summed E-state index contributed by atoms with van der Waals surface area (Å²) in [5.74, 6) is 1.73. The number of rotatable bonds is 5. The van der Waals surface area contributed by atoms with Crippen molar-refractivity contribution in [2.75, 3.05) is 32.0 Å². The fraction of sp³-hybridized carbons (Fsp3) is 0.250. The molecular formula is C28H27ClN2O4. The van der Waals surface area contributed by atoms with Gasteiger partial charge in [0.2, 0.25) is 5.75 Å². The highest BCUT2D eigenvalue weighted by Crippen LogP contribution is 2.49. The van der Waals surface area contributed by atoms with E-state index in [0.29, 0.717) is 40.7 Å². The molecule has 0 saturated carbocycles. The Balaban J connectivity index is 1.66. The van der Waals surface area contributed by atoms with Crippen molar-refractivity contribution in [3.8, 4) is 17.2 Å². The Kier molecular flexibility index (Phi) is 6.31. The van der Waals surface area contributed by atoms with Crippen molar-refractivity contribution in [2.24, 2.45) is 0 Å². The third-order valence-corrected chi connectivity index (χ3v) is 6.95. The Labute approximate surface area is 209 Å². The molecule has 3 aromatic rings. The van der Waals surface area contributed by atoms with Gasteiger partial charge in [0, 0.05) is 28.3 Å². The van der Waals surface area contributed by atoms with Gasteiger partial charge in [-0.05, 0) is 54.3 Å². The topological polar surface area (TPSA) is 68.8 Å². The van der Waals surface area contributed by atoms with Crippen LogP contribution in [0.1, 0.15) is 35.9 Å². The van der Waals surface area contributed by atoms with E-state index >= 15 is 0 Å². The minimum Gasteiger partial charge on any atom is -0.493 e. The second kappa shape index (κ2) is 9.55. The molecule has 7 heteroatoms. The lowest BCUT2D eigenvalue weighted by Gasteiger charge is -2.31. The van der Waals surface area contributed by atoms with Crippen LogP contribution in [0.3, 0.4) is 0 Å². The van der Waals surface area contributed by atoms with E-state index in [4.69, 9.17) is 25.8 Å². The second-order valence-electron chi connectivity index (χ2n) is 8.64. The van der Waals surface area contributed by atoms with Crippen molar-refractivity contribution in [1.29, 1.82) is 0 Å². The number of allylic oxidation sites excluding steroid dienone is 1. The average Bonchev–Trinajstić information content (AvgIpc) is 3.04. The van der Waals surface area contributed by atoms with E-state index in [1.807, 2.05) is 60.7 Å². The Morgan fingerprint density at radius 2 is 1.54 bits per heavy atom. The monoisotopic (exact) mass is 490 g/mol. The minimum atomic E-state index is -0.436. The summed E-state index contributed by atoms with van der Waals surface area (Å²) in [6.45, 7) is 0. The second-order valence-corrected chi connectivity index (χ2v) is 9.08. The number of carbonyl (C=O) groups is 1. The molecule has 0 bridgehead atoms. The molecule has 2 N–H and O–H groups in total. The van der Waals surface area contributed by atoms with Crippen molar-refractivity contribution >= 4 is 28.8 Å². The first-order chi connectivity index (χ1) is 17.0. The summed E-state index contributed by atoms with van der Waals surface area (Å²) in [7, 11) is 4.76. The molecular weight excluding hydrogens is 464 g/mol. The number of hydrogen-bond acceptors (Lipinski definition) is 6.